The van der Waals surface area contributed by atoms with Crippen molar-refractivity contribution in [2.45, 2.75) is 0 Å². The van der Waals surface area contributed by atoms with Gasteiger partial charge in [-0.3, -0.25) is 4.79 Å². The van der Waals surface area contributed by atoms with Gasteiger partial charge in [0.15, 0.2) is 0 Å². The van der Waals surface area contributed by atoms with Gasteiger partial charge in [0.1, 0.15) is 11.4 Å². The number of phenols is 1. The molecule has 0 aliphatic heterocycles. The summed E-state index contributed by atoms with van der Waals surface area (Å²) in [6, 6.07) is 8.05. The highest BCUT2D eigenvalue weighted by atomic mass is 16.3. The number of aryl methyl sites for hydroxylation is 1. The molecule has 5 heteroatoms. The largest absolute Gasteiger partial charge is 0.508 e. The first kappa shape index (κ1) is 10.2. The van der Waals surface area contributed by atoms with Crippen LogP contribution in [-0.2, 0) is 7.05 Å². The van der Waals surface area contributed by atoms with Crippen LogP contribution >= 0.6 is 0 Å². The van der Waals surface area contributed by atoms with Gasteiger partial charge in [-0.05, 0) is 30.3 Å². The van der Waals surface area contributed by atoms with Gasteiger partial charge in [-0.1, -0.05) is 0 Å². The van der Waals surface area contributed by atoms with E-state index in [0.717, 1.165) is 5.56 Å². The second-order valence-electron chi connectivity index (χ2n) is 3.46. The van der Waals surface area contributed by atoms with E-state index in [-0.39, 0.29) is 17.0 Å². The van der Waals surface area contributed by atoms with Crippen molar-refractivity contribution in [3.63, 3.8) is 0 Å². The first-order chi connectivity index (χ1) is 7.58. The Balaban J connectivity index is 2.57. The molecule has 0 radical (unpaired) electrons. The SMILES string of the molecule is Cn1nc(-c2ccc(O)cc2)cc(N)c1=O. The van der Waals surface area contributed by atoms with E-state index in [1.165, 1.54) is 10.7 Å². The van der Waals surface area contributed by atoms with E-state index in [2.05, 4.69) is 5.10 Å². The van der Waals surface area contributed by atoms with Crippen molar-refractivity contribution in [1.29, 1.82) is 0 Å². The van der Waals surface area contributed by atoms with Gasteiger partial charge in [-0.15, -0.1) is 0 Å². The van der Waals surface area contributed by atoms with Gasteiger partial charge in [0, 0.05) is 12.6 Å². The number of hydrogen-bond acceptors (Lipinski definition) is 4. The molecule has 0 bridgehead atoms. The van der Waals surface area contributed by atoms with Crippen LogP contribution in [0, 0.1) is 0 Å². The normalized spacial score (nSPS) is 10.3. The Labute approximate surface area is 91.8 Å². The number of nitrogen functional groups attached to an aromatic ring is 1. The van der Waals surface area contributed by atoms with Crippen molar-refractivity contribution in [2.24, 2.45) is 7.05 Å². The summed E-state index contributed by atoms with van der Waals surface area (Å²) in [5.41, 5.74) is 6.79. The van der Waals surface area contributed by atoms with Crippen LogP contribution < -0.4 is 11.3 Å². The molecule has 0 saturated heterocycles. The van der Waals surface area contributed by atoms with Gasteiger partial charge in [-0.2, -0.15) is 5.10 Å². The number of hydrogen-bond donors (Lipinski definition) is 2. The third-order valence-electron chi connectivity index (χ3n) is 2.25. The maximum absolute atomic E-state index is 11.3. The predicted octanol–water partition coefficient (Wildman–Crippen LogP) is 0.735. The minimum atomic E-state index is -0.317. The molecule has 2 aromatic rings. The lowest BCUT2D eigenvalue weighted by Crippen LogP contribution is -2.22. The monoisotopic (exact) mass is 217 g/mol. The average molecular weight is 217 g/mol. The zero-order valence-electron chi connectivity index (χ0n) is 8.71. The molecule has 0 fully saturated rings. The van der Waals surface area contributed by atoms with Gasteiger partial charge < -0.3 is 10.8 Å². The van der Waals surface area contributed by atoms with E-state index in [1.54, 1.807) is 31.3 Å². The quantitative estimate of drug-likeness (QED) is 0.738. The third kappa shape index (κ3) is 1.75. The summed E-state index contributed by atoms with van der Waals surface area (Å²) in [5, 5.41) is 13.2. The number of phenolic OH excluding ortho intramolecular Hbond substituents is 1. The van der Waals surface area contributed by atoms with E-state index in [0.29, 0.717) is 5.69 Å². The van der Waals surface area contributed by atoms with E-state index < -0.39 is 0 Å². The second-order valence-corrected chi connectivity index (χ2v) is 3.46. The fraction of sp³-hybridized carbons (Fsp3) is 0.0909. The van der Waals surface area contributed by atoms with Crippen molar-refractivity contribution >= 4 is 5.69 Å². The lowest BCUT2D eigenvalue weighted by molar-refractivity contribution is 0.475. The van der Waals surface area contributed by atoms with Crippen LogP contribution in [0.15, 0.2) is 35.1 Å². The van der Waals surface area contributed by atoms with Crippen LogP contribution in [0.25, 0.3) is 11.3 Å². The summed E-state index contributed by atoms with van der Waals surface area (Å²) in [6.45, 7) is 0. The molecule has 1 heterocycles. The van der Waals surface area contributed by atoms with Crippen molar-refractivity contribution < 1.29 is 5.11 Å². The third-order valence-corrected chi connectivity index (χ3v) is 2.25. The maximum Gasteiger partial charge on any atom is 0.289 e. The fourth-order valence-electron chi connectivity index (χ4n) is 1.41. The lowest BCUT2D eigenvalue weighted by Gasteiger charge is -2.04. The zero-order valence-corrected chi connectivity index (χ0v) is 8.71. The number of anilines is 1. The maximum atomic E-state index is 11.3. The molecule has 0 atom stereocenters. The Hall–Kier alpha value is -2.30. The molecule has 2 rings (SSSR count). The molecule has 1 aromatic heterocycles. The van der Waals surface area contributed by atoms with Crippen LogP contribution in [0.5, 0.6) is 5.75 Å². The summed E-state index contributed by atoms with van der Waals surface area (Å²) >= 11 is 0. The molecule has 0 aliphatic rings. The molecule has 0 spiro atoms. The van der Waals surface area contributed by atoms with E-state index >= 15 is 0 Å². The first-order valence-electron chi connectivity index (χ1n) is 4.71. The Morgan fingerprint density at radius 1 is 1.31 bits per heavy atom. The lowest BCUT2D eigenvalue weighted by atomic mass is 10.1. The molecule has 16 heavy (non-hydrogen) atoms. The number of aromatic nitrogens is 2. The number of nitrogens with two attached hydrogens (primary N) is 1. The zero-order chi connectivity index (χ0) is 11.7. The summed E-state index contributed by atoms with van der Waals surface area (Å²) in [4.78, 5) is 11.3. The van der Waals surface area contributed by atoms with E-state index in [4.69, 9.17) is 10.8 Å². The molecule has 3 N–H and O–H groups in total. The van der Waals surface area contributed by atoms with Gasteiger partial charge in [-0.25, -0.2) is 4.68 Å². The smallest absolute Gasteiger partial charge is 0.289 e. The van der Waals surface area contributed by atoms with Crippen molar-refractivity contribution in [3.8, 4) is 17.0 Å². The van der Waals surface area contributed by atoms with Crippen LogP contribution in [0.3, 0.4) is 0 Å². The Morgan fingerprint density at radius 2 is 1.94 bits per heavy atom. The molecule has 0 amide bonds. The summed E-state index contributed by atoms with van der Waals surface area (Å²) in [7, 11) is 1.54. The molecule has 0 saturated carbocycles. The van der Waals surface area contributed by atoms with Crippen molar-refractivity contribution in [3.05, 3.63) is 40.7 Å². The number of rotatable bonds is 1. The van der Waals surface area contributed by atoms with Crippen LogP contribution in [-0.4, -0.2) is 14.9 Å². The van der Waals surface area contributed by atoms with Crippen LogP contribution in [0.1, 0.15) is 0 Å². The summed E-state index contributed by atoms with van der Waals surface area (Å²) in [6.07, 6.45) is 0. The van der Waals surface area contributed by atoms with Gasteiger partial charge >= 0.3 is 0 Å². The molecular formula is C11H11N3O2. The Kier molecular flexibility index (Phi) is 2.36. The van der Waals surface area contributed by atoms with Gasteiger partial charge in [0.25, 0.3) is 5.56 Å². The minimum absolute atomic E-state index is 0.153. The molecular weight excluding hydrogens is 206 g/mol. The Morgan fingerprint density at radius 3 is 2.50 bits per heavy atom. The number of aromatic hydroxyl groups is 1. The van der Waals surface area contributed by atoms with Crippen molar-refractivity contribution in [2.75, 3.05) is 5.73 Å². The summed E-state index contributed by atoms with van der Waals surface area (Å²) in [5.74, 6) is 0.182. The number of benzene rings is 1. The molecule has 0 aliphatic carbocycles. The van der Waals surface area contributed by atoms with Crippen LogP contribution in [0.2, 0.25) is 0 Å². The Bertz CT molecular complexity index is 547. The van der Waals surface area contributed by atoms with E-state index in [1.807, 2.05) is 0 Å². The fourth-order valence-corrected chi connectivity index (χ4v) is 1.41. The standard InChI is InChI=1S/C11H11N3O2/c1-14-11(16)9(12)6-10(13-14)7-2-4-8(15)5-3-7/h2-6,15H,12H2,1H3. The molecule has 82 valence electrons. The highest BCUT2D eigenvalue weighted by Gasteiger charge is 2.05. The predicted molar refractivity (Wildman–Crippen MR) is 61.0 cm³/mol. The number of nitrogens with zero attached hydrogens (tertiary/aromatic N) is 2. The molecule has 5 nitrogen and oxygen atoms in total. The van der Waals surface area contributed by atoms with Gasteiger partial charge in [0.2, 0.25) is 0 Å². The average Bonchev–Trinajstić information content (AvgIpc) is 2.26. The summed E-state index contributed by atoms with van der Waals surface area (Å²) < 4.78 is 1.19. The highest BCUT2D eigenvalue weighted by Crippen LogP contribution is 2.19. The highest BCUT2D eigenvalue weighted by molar-refractivity contribution is 5.62. The van der Waals surface area contributed by atoms with Crippen molar-refractivity contribution in [1.82, 2.24) is 9.78 Å². The topological polar surface area (TPSA) is 81.1 Å². The van der Waals surface area contributed by atoms with Crippen LogP contribution in [0.4, 0.5) is 5.69 Å². The first-order valence-corrected chi connectivity index (χ1v) is 4.71. The molecule has 1 aromatic carbocycles. The van der Waals surface area contributed by atoms with Gasteiger partial charge in [0.05, 0.1) is 5.69 Å². The second kappa shape index (κ2) is 3.69. The minimum Gasteiger partial charge on any atom is -0.508 e. The van der Waals surface area contributed by atoms with E-state index in [9.17, 15) is 4.79 Å². The molecule has 0 unspecified atom stereocenters.